The van der Waals surface area contributed by atoms with Crippen molar-refractivity contribution in [3.05, 3.63) is 16.7 Å². The predicted molar refractivity (Wildman–Crippen MR) is 74.0 cm³/mol. The van der Waals surface area contributed by atoms with Crippen LogP contribution in [0.5, 0.6) is 0 Å². The number of hydrogen-bond acceptors (Lipinski definition) is 3. The number of anilines is 2. The molecule has 1 saturated carbocycles. The molecule has 2 heterocycles. The van der Waals surface area contributed by atoms with Crippen molar-refractivity contribution >= 4 is 27.4 Å². The van der Waals surface area contributed by atoms with E-state index in [2.05, 4.69) is 25.8 Å². The highest BCUT2D eigenvalue weighted by Crippen LogP contribution is 2.37. The lowest BCUT2D eigenvalue weighted by atomic mass is 9.78. The van der Waals surface area contributed by atoms with Gasteiger partial charge in [0, 0.05) is 23.8 Å². The number of nitrogens with two attached hydrogens (primary N) is 1. The van der Waals surface area contributed by atoms with E-state index in [1.807, 2.05) is 12.3 Å². The van der Waals surface area contributed by atoms with Gasteiger partial charge in [0.15, 0.2) is 5.82 Å². The first-order valence-corrected chi connectivity index (χ1v) is 7.17. The summed E-state index contributed by atoms with van der Waals surface area (Å²) in [5.74, 6) is 2.68. The number of piperidine rings is 1. The number of aromatic nitrogens is 1. The molecule has 2 unspecified atom stereocenters. The van der Waals surface area contributed by atoms with Gasteiger partial charge in [-0.25, -0.2) is 4.98 Å². The summed E-state index contributed by atoms with van der Waals surface area (Å²) < 4.78 is 0.955. The minimum atomic E-state index is 0.791. The quantitative estimate of drug-likeness (QED) is 0.866. The second-order valence-corrected chi connectivity index (χ2v) is 6.29. The van der Waals surface area contributed by atoms with Gasteiger partial charge in [-0.15, -0.1) is 0 Å². The highest BCUT2D eigenvalue weighted by Gasteiger charge is 2.31. The van der Waals surface area contributed by atoms with Crippen LogP contribution in [0.1, 0.15) is 25.7 Å². The Bertz CT molecular complexity index is 409. The van der Waals surface area contributed by atoms with Crippen LogP contribution in [-0.2, 0) is 0 Å². The summed E-state index contributed by atoms with van der Waals surface area (Å²) in [5.41, 5.74) is 6.86. The first-order valence-electron chi connectivity index (χ1n) is 6.38. The summed E-state index contributed by atoms with van der Waals surface area (Å²) >= 11 is 3.41. The molecule has 0 spiro atoms. The van der Waals surface area contributed by atoms with Crippen LogP contribution in [0.15, 0.2) is 16.7 Å². The molecule has 0 amide bonds. The van der Waals surface area contributed by atoms with Crippen LogP contribution in [0.25, 0.3) is 0 Å². The molecule has 92 valence electrons. The van der Waals surface area contributed by atoms with Gasteiger partial charge in [0.05, 0.1) is 5.69 Å². The monoisotopic (exact) mass is 295 g/mol. The first kappa shape index (κ1) is 11.3. The fourth-order valence-electron chi connectivity index (χ4n) is 3.32. The van der Waals surface area contributed by atoms with E-state index in [1.54, 1.807) is 0 Å². The van der Waals surface area contributed by atoms with Gasteiger partial charge in [-0.3, -0.25) is 0 Å². The van der Waals surface area contributed by atoms with E-state index in [1.165, 1.54) is 25.7 Å². The Labute approximate surface area is 111 Å². The van der Waals surface area contributed by atoms with Crippen molar-refractivity contribution in [2.24, 2.45) is 11.8 Å². The third-order valence-electron chi connectivity index (χ3n) is 4.01. The van der Waals surface area contributed by atoms with Gasteiger partial charge in [0.1, 0.15) is 0 Å². The van der Waals surface area contributed by atoms with Crippen molar-refractivity contribution in [2.45, 2.75) is 25.7 Å². The van der Waals surface area contributed by atoms with Crippen LogP contribution >= 0.6 is 15.9 Å². The highest BCUT2D eigenvalue weighted by atomic mass is 79.9. The maximum Gasteiger partial charge on any atom is 0.151 e. The number of nitrogen functional groups attached to an aromatic ring is 1. The number of rotatable bonds is 1. The van der Waals surface area contributed by atoms with Crippen molar-refractivity contribution < 1.29 is 0 Å². The van der Waals surface area contributed by atoms with E-state index < -0.39 is 0 Å². The minimum Gasteiger partial charge on any atom is -0.396 e. The van der Waals surface area contributed by atoms with Gasteiger partial charge in [-0.2, -0.15) is 0 Å². The zero-order valence-corrected chi connectivity index (χ0v) is 11.5. The third kappa shape index (κ3) is 2.28. The van der Waals surface area contributed by atoms with Gasteiger partial charge in [-0.1, -0.05) is 6.42 Å². The fourth-order valence-corrected chi connectivity index (χ4v) is 3.67. The van der Waals surface area contributed by atoms with Crippen molar-refractivity contribution in [1.82, 2.24) is 4.98 Å². The average molecular weight is 296 g/mol. The summed E-state index contributed by atoms with van der Waals surface area (Å²) in [6.07, 6.45) is 7.42. The molecular weight excluding hydrogens is 278 g/mol. The summed E-state index contributed by atoms with van der Waals surface area (Å²) in [4.78, 5) is 6.87. The molecule has 3 nitrogen and oxygen atoms in total. The highest BCUT2D eigenvalue weighted by molar-refractivity contribution is 9.10. The second-order valence-electron chi connectivity index (χ2n) is 5.37. The Morgan fingerprint density at radius 3 is 2.65 bits per heavy atom. The molecule has 1 aromatic rings. The van der Waals surface area contributed by atoms with E-state index in [0.29, 0.717) is 0 Å². The maximum atomic E-state index is 6.07. The van der Waals surface area contributed by atoms with Gasteiger partial charge in [-0.05, 0) is 53.1 Å². The van der Waals surface area contributed by atoms with Crippen LogP contribution < -0.4 is 10.6 Å². The first-order chi connectivity index (χ1) is 8.22. The average Bonchev–Trinajstić information content (AvgIpc) is 2.28. The van der Waals surface area contributed by atoms with E-state index in [0.717, 1.165) is 40.9 Å². The van der Waals surface area contributed by atoms with Crippen LogP contribution in [0.2, 0.25) is 0 Å². The lowest BCUT2D eigenvalue weighted by Gasteiger charge is -2.42. The zero-order chi connectivity index (χ0) is 11.8. The smallest absolute Gasteiger partial charge is 0.151 e. The standard InChI is InChI=1S/C13H18BrN3/c14-11-5-12(15)13(16-6-11)17-7-9-2-1-3-10(4-9)8-17/h5-6,9-10H,1-4,7-8,15H2. The molecule has 4 heteroatoms. The number of nitrogens with zero attached hydrogens (tertiary/aromatic N) is 2. The number of fused-ring (bicyclic) bond motifs is 2. The molecule has 2 atom stereocenters. The van der Waals surface area contributed by atoms with Crippen LogP contribution in [0.4, 0.5) is 11.5 Å². The molecule has 2 bridgehead atoms. The Morgan fingerprint density at radius 2 is 2.00 bits per heavy atom. The number of hydrogen-bond donors (Lipinski definition) is 1. The largest absolute Gasteiger partial charge is 0.396 e. The molecule has 2 fully saturated rings. The second kappa shape index (κ2) is 4.48. The Kier molecular flexibility index (Phi) is 2.99. The molecule has 17 heavy (non-hydrogen) atoms. The number of halogens is 1. The topological polar surface area (TPSA) is 42.1 Å². The molecule has 1 aromatic heterocycles. The van der Waals surface area contributed by atoms with Crippen molar-refractivity contribution in [1.29, 1.82) is 0 Å². The maximum absolute atomic E-state index is 6.07. The molecule has 2 aliphatic rings. The van der Waals surface area contributed by atoms with Gasteiger partial charge in [0.2, 0.25) is 0 Å². The summed E-state index contributed by atoms with van der Waals surface area (Å²) in [6, 6.07) is 1.95. The lowest BCUT2D eigenvalue weighted by molar-refractivity contribution is 0.230. The van der Waals surface area contributed by atoms with Crippen molar-refractivity contribution in [3.8, 4) is 0 Å². The molecule has 3 rings (SSSR count). The number of pyridine rings is 1. The van der Waals surface area contributed by atoms with Crippen LogP contribution in [0, 0.1) is 11.8 Å². The van der Waals surface area contributed by atoms with Crippen molar-refractivity contribution in [3.63, 3.8) is 0 Å². The predicted octanol–water partition coefficient (Wildman–Crippen LogP) is 3.05. The molecule has 1 aliphatic heterocycles. The molecule has 1 aliphatic carbocycles. The molecular formula is C13H18BrN3. The van der Waals surface area contributed by atoms with Gasteiger partial charge >= 0.3 is 0 Å². The Balaban J connectivity index is 1.84. The molecule has 0 aromatic carbocycles. The molecule has 2 N–H and O–H groups in total. The van der Waals surface area contributed by atoms with E-state index in [4.69, 9.17) is 5.73 Å². The molecule has 1 saturated heterocycles. The van der Waals surface area contributed by atoms with Crippen molar-refractivity contribution in [2.75, 3.05) is 23.7 Å². The summed E-state index contributed by atoms with van der Waals surface area (Å²) in [6.45, 7) is 2.27. The summed E-state index contributed by atoms with van der Waals surface area (Å²) in [5, 5.41) is 0. The normalized spacial score (nSPS) is 28.2. The van der Waals surface area contributed by atoms with Crippen LogP contribution in [0.3, 0.4) is 0 Å². The SMILES string of the molecule is Nc1cc(Br)cnc1N1CC2CCCC(C2)C1. The van der Waals surface area contributed by atoms with Gasteiger partial charge in [0.25, 0.3) is 0 Å². The van der Waals surface area contributed by atoms with Gasteiger partial charge < -0.3 is 10.6 Å². The van der Waals surface area contributed by atoms with E-state index >= 15 is 0 Å². The summed E-state index contributed by atoms with van der Waals surface area (Å²) in [7, 11) is 0. The Hall–Kier alpha value is -0.770. The Morgan fingerprint density at radius 1 is 1.29 bits per heavy atom. The lowest BCUT2D eigenvalue weighted by Crippen LogP contribution is -2.43. The van der Waals surface area contributed by atoms with Crippen LogP contribution in [-0.4, -0.2) is 18.1 Å². The van der Waals surface area contributed by atoms with E-state index in [9.17, 15) is 0 Å². The molecule has 0 radical (unpaired) electrons. The van der Waals surface area contributed by atoms with E-state index in [-0.39, 0.29) is 0 Å². The fraction of sp³-hybridized carbons (Fsp3) is 0.615. The zero-order valence-electron chi connectivity index (χ0n) is 9.90. The minimum absolute atomic E-state index is 0.791. The third-order valence-corrected chi connectivity index (χ3v) is 4.44.